The van der Waals surface area contributed by atoms with Crippen LogP contribution in [0.25, 0.3) is 10.8 Å². The second-order valence-electron chi connectivity index (χ2n) is 7.20. The number of nitrogens with one attached hydrogen (secondary N) is 3. The van der Waals surface area contributed by atoms with Gasteiger partial charge in [0.25, 0.3) is 0 Å². The number of anilines is 1. The lowest BCUT2D eigenvalue weighted by Gasteiger charge is -2.14. The minimum atomic E-state index is -3.45. The molecule has 1 atom stereocenters. The van der Waals surface area contributed by atoms with E-state index >= 15 is 0 Å². The maximum absolute atomic E-state index is 12.6. The van der Waals surface area contributed by atoms with E-state index in [2.05, 4.69) is 10.6 Å². The van der Waals surface area contributed by atoms with Gasteiger partial charge in [0, 0.05) is 35.9 Å². The van der Waals surface area contributed by atoms with Crippen molar-refractivity contribution in [1.82, 2.24) is 5.32 Å². The van der Waals surface area contributed by atoms with E-state index in [-0.39, 0.29) is 29.6 Å². The van der Waals surface area contributed by atoms with Crippen molar-refractivity contribution in [3.05, 3.63) is 71.2 Å². The van der Waals surface area contributed by atoms with Gasteiger partial charge in [-0.05, 0) is 59.3 Å². The van der Waals surface area contributed by atoms with E-state index in [1.165, 1.54) is 0 Å². The number of hydrogen-bond acceptors (Lipinski definition) is 6. The number of amidine groups is 1. The van der Waals surface area contributed by atoms with Crippen LogP contribution in [0.5, 0.6) is 0 Å². The van der Waals surface area contributed by atoms with Crippen molar-refractivity contribution in [2.75, 3.05) is 30.7 Å². The smallest absolute Gasteiger partial charge is 0.179 e. The number of rotatable bonds is 10. The van der Waals surface area contributed by atoms with Crippen LogP contribution in [-0.4, -0.2) is 50.9 Å². The van der Waals surface area contributed by atoms with Gasteiger partial charge in [0.05, 0.1) is 16.8 Å². The summed E-state index contributed by atoms with van der Waals surface area (Å²) in [5, 5.41) is 25.9. The molecule has 1 unspecified atom stereocenters. The molecule has 0 bridgehead atoms. The van der Waals surface area contributed by atoms with Crippen molar-refractivity contribution in [3.8, 4) is 0 Å². The molecule has 0 saturated heterocycles. The van der Waals surface area contributed by atoms with Crippen LogP contribution in [0.15, 0.2) is 65.6 Å². The first-order valence-corrected chi connectivity index (χ1v) is 11.8. The second kappa shape index (κ2) is 10.1. The Hall–Kier alpha value is -2.65. The molecule has 0 spiro atoms. The van der Waals surface area contributed by atoms with Crippen molar-refractivity contribution in [1.29, 1.82) is 5.41 Å². The topological polar surface area (TPSA) is 128 Å². The summed E-state index contributed by atoms with van der Waals surface area (Å²) in [5.41, 5.74) is 6.84. The number of nitrogens with two attached hydrogens (primary N) is 1. The van der Waals surface area contributed by atoms with Crippen LogP contribution in [0.4, 0.5) is 5.69 Å². The highest BCUT2D eigenvalue weighted by molar-refractivity contribution is 7.91. The van der Waals surface area contributed by atoms with Gasteiger partial charge in [-0.2, -0.15) is 0 Å². The maximum Gasteiger partial charge on any atom is 0.179 e. The number of hydrogen-bond donors (Lipinski definition) is 5. The fourth-order valence-corrected chi connectivity index (χ4v) is 4.47. The number of halogens is 1. The van der Waals surface area contributed by atoms with E-state index < -0.39 is 15.9 Å². The van der Waals surface area contributed by atoms with Crippen LogP contribution in [0.3, 0.4) is 0 Å². The number of fused-ring (bicyclic) bond motifs is 1. The Morgan fingerprint density at radius 1 is 1.03 bits per heavy atom. The average molecular weight is 461 g/mol. The van der Waals surface area contributed by atoms with Gasteiger partial charge in [0.1, 0.15) is 5.84 Å². The molecule has 0 radical (unpaired) electrons. The average Bonchev–Trinajstić information content (AvgIpc) is 2.75. The lowest BCUT2D eigenvalue weighted by molar-refractivity contribution is 0.185. The molecule has 7 nitrogen and oxygen atoms in total. The number of sulfone groups is 1. The molecule has 0 saturated carbocycles. The van der Waals surface area contributed by atoms with Crippen molar-refractivity contribution >= 4 is 43.7 Å². The normalized spacial score (nSPS) is 12.6. The Morgan fingerprint density at radius 3 is 2.42 bits per heavy atom. The lowest BCUT2D eigenvalue weighted by atomic mass is 10.1. The Balaban J connectivity index is 1.45. The number of aliphatic hydroxyl groups is 1. The van der Waals surface area contributed by atoms with Gasteiger partial charge in [-0.1, -0.05) is 23.7 Å². The van der Waals surface area contributed by atoms with Crippen LogP contribution < -0.4 is 16.4 Å². The maximum atomic E-state index is 12.6. The molecule has 9 heteroatoms. The Kier molecular flexibility index (Phi) is 7.50. The monoisotopic (exact) mass is 460 g/mol. The van der Waals surface area contributed by atoms with Gasteiger partial charge in [-0.15, -0.1) is 0 Å². The fraction of sp³-hybridized carbons (Fsp3) is 0.227. The molecule has 3 aromatic rings. The van der Waals surface area contributed by atoms with Crippen LogP contribution in [0, 0.1) is 5.41 Å². The van der Waals surface area contributed by atoms with Gasteiger partial charge in [-0.3, -0.25) is 5.41 Å². The SMILES string of the molecule is N=C(N)c1ccc(NCC(O)CNCCS(=O)(=O)c2ccc3cc(Cl)ccc3c2)cc1. The van der Waals surface area contributed by atoms with Crippen LogP contribution >= 0.6 is 11.6 Å². The number of aliphatic hydroxyl groups excluding tert-OH is 1. The third-order valence-electron chi connectivity index (χ3n) is 4.80. The molecule has 31 heavy (non-hydrogen) atoms. The zero-order chi connectivity index (χ0) is 22.4. The van der Waals surface area contributed by atoms with Gasteiger partial charge >= 0.3 is 0 Å². The quantitative estimate of drug-likeness (QED) is 0.180. The van der Waals surface area contributed by atoms with Gasteiger partial charge in [0.15, 0.2) is 9.84 Å². The van der Waals surface area contributed by atoms with E-state index in [4.69, 9.17) is 22.7 Å². The molecule has 3 rings (SSSR count). The number of benzene rings is 3. The highest BCUT2D eigenvalue weighted by Crippen LogP contribution is 2.23. The lowest BCUT2D eigenvalue weighted by Crippen LogP contribution is -2.34. The molecule has 0 aliphatic rings. The fourth-order valence-electron chi connectivity index (χ4n) is 3.06. The van der Waals surface area contributed by atoms with Crippen molar-refractivity contribution in [2.45, 2.75) is 11.0 Å². The minimum Gasteiger partial charge on any atom is -0.390 e. The molecule has 0 aliphatic carbocycles. The second-order valence-corrected chi connectivity index (χ2v) is 9.75. The van der Waals surface area contributed by atoms with E-state index in [9.17, 15) is 13.5 Å². The first kappa shape index (κ1) is 23.0. The summed E-state index contributed by atoms with van der Waals surface area (Å²) < 4.78 is 25.2. The molecule has 0 heterocycles. The first-order chi connectivity index (χ1) is 14.7. The molecular weight excluding hydrogens is 436 g/mol. The molecule has 0 aromatic heterocycles. The molecule has 0 aliphatic heterocycles. The van der Waals surface area contributed by atoms with Crippen molar-refractivity contribution in [2.24, 2.45) is 5.73 Å². The highest BCUT2D eigenvalue weighted by atomic mass is 35.5. The van der Waals surface area contributed by atoms with Crippen molar-refractivity contribution in [3.63, 3.8) is 0 Å². The number of nitrogen functional groups attached to an aromatic ring is 1. The molecular formula is C22H25ClN4O3S. The Bertz CT molecular complexity index is 1170. The predicted octanol–water partition coefficient (Wildman–Crippen LogP) is 2.61. The summed E-state index contributed by atoms with van der Waals surface area (Å²) in [7, 11) is -3.45. The zero-order valence-electron chi connectivity index (χ0n) is 16.8. The summed E-state index contributed by atoms with van der Waals surface area (Å²) >= 11 is 5.97. The minimum absolute atomic E-state index is 0.00109. The Labute approximate surface area is 186 Å². The molecule has 6 N–H and O–H groups in total. The van der Waals surface area contributed by atoms with Crippen molar-refractivity contribution < 1.29 is 13.5 Å². The molecule has 164 valence electrons. The zero-order valence-corrected chi connectivity index (χ0v) is 18.4. The van der Waals surface area contributed by atoms with Crippen LogP contribution in [-0.2, 0) is 9.84 Å². The summed E-state index contributed by atoms with van der Waals surface area (Å²) in [4.78, 5) is 0.264. The third kappa shape index (κ3) is 6.41. The van der Waals surface area contributed by atoms with E-state index in [1.54, 1.807) is 60.7 Å². The van der Waals surface area contributed by atoms with Gasteiger partial charge < -0.3 is 21.5 Å². The Morgan fingerprint density at radius 2 is 1.71 bits per heavy atom. The molecule has 0 amide bonds. The van der Waals surface area contributed by atoms with Gasteiger partial charge in [-0.25, -0.2) is 8.42 Å². The highest BCUT2D eigenvalue weighted by Gasteiger charge is 2.15. The summed E-state index contributed by atoms with van der Waals surface area (Å²) in [5.74, 6) is -0.0718. The summed E-state index contributed by atoms with van der Waals surface area (Å²) in [6.45, 7) is 0.780. The standard InChI is InChI=1S/C22H25ClN4O3S/c23-18-5-1-17-12-21(8-4-16(17)11-18)31(29,30)10-9-26-13-20(28)14-27-19-6-2-15(3-7-19)22(24)25/h1-8,11-12,20,26-28H,9-10,13-14H2,(H3,24,25). The molecule has 3 aromatic carbocycles. The summed E-state index contributed by atoms with van der Waals surface area (Å²) in [6, 6.07) is 17.3. The third-order valence-corrected chi connectivity index (χ3v) is 6.75. The van der Waals surface area contributed by atoms with E-state index in [1.807, 2.05) is 0 Å². The van der Waals surface area contributed by atoms with E-state index in [0.29, 0.717) is 17.1 Å². The van der Waals surface area contributed by atoms with Gasteiger partial charge in [0.2, 0.25) is 0 Å². The van der Waals surface area contributed by atoms with Crippen LogP contribution in [0.2, 0.25) is 5.02 Å². The largest absolute Gasteiger partial charge is 0.390 e. The van der Waals surface area contributed by atoms with E-state index in [0.717, 1.165) is 16.5 Å². The summed E-state index contributed by atoms with van der Waals surface area (Å²) in [6.07, 6.45) is -0.694. The predicted molar refractivity (Wildman–Crippen MR) is 126 cm³/mol. The van der Waals surface area contributed by atoms with Crippen LogP contribution in [0.1, 0.15) is 5.56 Å². The first-order valence-electron chi connectivity index (χ1n) is 9.74. The molecule has 0 fully saturated rings.